The van der Waals surface area contributed by atoms with Crippen molar-refractivity contribution in [2.75, 3.05) is 6.54 Å². The van der Waals surface area contributed by atoms with E-state index in [0.717, 1.165) is 24.8 Å². The number of rotatable bonds is 6. The van der Waals surface area contributed by atoms with Crippen molar-refractivity contribution in [1.29, 1.82) is 0 Å². The molecule has 0 radical (unpaired) electrons. The Morgan fingerprint density at radius 2 is 2.26 bits per heavy atom. The van der Waals surface area contributed by atoms with Crippen molar-refractivity contribution in [1.82, 2.24) is 5.32 Å². The number of nitrogens with zero attached hydrogens (tertiary/aromatic N) is 1. The Morgan fingerprint density at radius 1 is 1.47 bits per heavy atom. The molecule has 1 amide bonds. The fourth-order valence-electron chi connectivity index (χ4n) is 3.75. The first-order chi connectivity index (χ1) is 9.15. The van der Waals surface area contributed by atoms with Crippen LogP contribution in [0.4, 0.5) is 0 Å². The van der Waals surface area contributed by atoms with Gasteiger partial charge in [-0.1, -0.05) is 24.9 Å². The highest BCUT2D eigenvalue weighted by molar-refractivity contribution is 6.02. The molecular weight excluding hydrogens is 242 g/mol. The van der Waals surface area contributed by atoms with E-state index < -0.39 is 5.92 Å². The van der Waals surface area contributed by atoms with Gasteiger partial charge in [0.2, 0.25) is 5.91 Å². The molecule has 0 aromatic heterocycles. The van der Waals surface area contributed by atoms with E-state index in [9.17, 15) is 4.79 Å². The number of amidine groups is 1. The van der Waals surface area contributed by atoms with E-state index in [0.29, 0.717) is 12.3 Å². The van der Waals surface area contributed by atoms with Crippen molar-refractivity contribution in [3.63, 3.8) is 0 Å². The number of oxime groups is 1. The highest BCUT2D eigenvalue weighted by atomic mass is 16.4. The van der Waals surface area contributed by atoms with E-state index >= 15 is 0 Å². The summed E-state index contributed by atoms with van der Waals surface area (Å²) in [4.78, 5) is 12.1. The molecule has 0 heterocycles. The van der Waals surface area contributed by atoms with Crippen LogP contribution in [0.15, 0.2) is 5.16 Å². The van der Waals surface area contributed by atoms with E-state index in [2.05, 4.69) is 10.5 Å². The third-order valence-corrected chi connectivity index (χ3v) is 4.79. The zero-order valence-corrected chi connectivity index (χ0v) is 11.6. The van der Waals surface area contributed by atoms with Crippen molar-refractivity contribution < 1.29 is 10.0 Å². The molecule has 4 N–H and O–H groups in total. The van der Waals surface area contributed by atoms with Gasteiger partial charge in [0, 0.05) is 6.54 Å². The van der Waals surface area contributed by atoms with Gasteiger partial charge in [-0.2, -0.15) is 0 Å². The molecule has 19 heavy (non-hydrogen) atoms. The molecule has 5 heteroatoms. The molecule has 4 atom stereocenters. The number of hydrogen-bond donors (Lipinski definition) is 3. The maximum absolute atomic E-state index is 12.1. The summed E-state index contributed by atoms with van der Waals surface area (Å²) in [5.74, 6) is 1.76. The normalized spacial score (nSPS) is 31.4. The molecule has 2 bridgehead atoms. The third-order valence-electron chi connectivity index (χ3n) is 4.79. The minimum atomic E-state index is -0.492. The molecule has 2 rings (SSSR count). The second-order valence-electron chi connectivity index (χ2n) is 6.05. The van der Waals surface area contributed by atoms with Crippen LogP contribution in [-0.4, -0.2) is 23.5 Å². The average molecular weight is 267 g/mol. The number of carbonyl (C=O) groups excluding carboxylic acids is 1. The minimum Gasteiger partial charge on any atom is -0.409 e. The van der Waals surface area contributed by atoms with Crippen LogP contribution < -0.4 is 11.1 Å². The maximum atomic E-state index is 12.1. The van der Waals surface area contributed by atoms with E-state index in [4.69, 9.17) is 10.9 Å². The number of nitrogens with one attached hydrogen (secondary N) is 1. The molecule has 0 aromatic rings. The van der Waals surface area contributed by atoms with Crippen molar-refractivity contribution in [3.8, 4) is 0 Å². The predicted molar refractivity (Wildman–Crippen MR) is 73.8 cm³/mol. The molecule has 108 valence electrons. The highest BCUT2D eigenvalue weighted by Gasteiger charge is 2.39. The van der Waals surface area contributed by atoms with Crippen LogP contribution in [0.1, 0.15) is 45.4 Å². The fraction of sp³-hybridized carbons (Fsp3) is 0.857. The Balaban J connectivity index is 1.82. The molecule has 2 fully saturated rings. The largest absolute Gasteiger partial charge is 0.409 e. The number of nitrogens with two attached hydrogens (primary N) is 1. The highest BCUT2D eigenvalue weighted by Crippen LogP contribution is 2.47. The number of carbonyl (C=O) groups is 1. The van der Waals surface area contributed by atoms with Gasteiger partial charge in [-0.05, 0) is 43.4 Å². The van der Waals surface area contributed by atoms with Gasteiger partial charge < -0.3 is 16.3 Å². The minimum absolute atomic E-state index is 0.0206. The van der Waals surface area contributed by atoms with Gasteiger partial charge in [-0.25, -0.2) is 0 Å². The second-order valence-corrected chi connectivity index (χ2v) is 6.05. The first-order valence-corrected chi connectivity index (χ1v) is 7.40. The Bertz CT molecular complexity index is 357. The molecular formula is C14H25N3O2. The SMILES string of the molecule is CCCC(C(=O)NCC1CC2CCC1C2)C(N)=NO. The number of hydrogen-bond acceptors (Lipinski definition) is 3. The number of fused-ring (bicyclic) bond motifs is 2. The summed E-state index contributed by atoms with van der Waals surface area (Å²) >= 11 is 0. The molecule has 2 aliphatic carbocycles. The smallest absolute Gasteiger partial charge is 0.230 e. The number of amides is 1. The van der Waals surface area contributed by atoms with Crippen molar-refractivity contribution in [2.45, 2.75) is 45.4 Å². The van der Waals surface area contributed by atoms with Gasteiger partial charge in [-0.15, -0.1) is 0 Å². The molecule has 0 saturated heterocycles. The zero-order valence-electron chi connectivity index (χ0n) is 11.6. The van der Waals surface area contributed by atoms with Crippen molar-refractivity contribution in [2.24, 2.45) is 34.6 Å². The Morgan fingerprint density at radius 3 is 2.79 bits per heavy atom. The lowest BCUT2D eigenvalue weighted by atomic mass is 9.88. The summed E-state index contributed by atoms with van der Waals surface area (Å²) in [5.41, 5.74) is 5.59. The summed E-state index contributed by atoms with van der Waals surface area (Å²) < 4.78 is 0. The quantitative estimate of drug-likeness (QED) is 0.296. The maximum Gasteiger partial charge on any atom is 0.230 e. The molecule has 4 unspecified atom stereocenters. The van der Waals surface area contributed by atoms with Crippen molar-refractivity contribution in [3.05, 3.63) is 0 Å². The molecule has 5 nitrogen and oxygen atoms in total. The first-order valence-electron chi connectivity index (χ1n) is 7.40. The third kappa shape index (κ3) is 3.19. The Kier molecular flexibility index (Phi) is 4.66. The van der Waals surface area contributed by atoms with Crippen molar-refractivity contribution >= 4 is 11.7 Å². The van der Waals surface area contributed by atoms with Crippen LogP contribution in [-0.2, 0) is 4.79 Å². The lowest BCUT2D eigenvalue weighted by molar-refractivity contribution is -0.123. The average Bonchev–Trinajstić information content (AvgIpc) is 3.03. The van der Waals surface area contributed by atoms with Crippen LogP contribution in [0, 0.1) is 23.7 Å². The summed E-state index contributed by atoms with van der Waals surface area (Å²) in [6, 6.07) is 0. The van der Waals surface area contributed by atoms with Crippen LogP contribution in [0.2, 0.25) is 0 Å². The van der Waals surface area contributed by atoms with Gasteiger partial charge in [-0.3, -0.25) is 4.79 Å². The molecule has 2 saturated carbocycles. The molecule has 0 spiro atoms. The van der Waals surface area contributed by atoms with E-state index in [-0.39, 0.29) is 11.7 Å². The Hall–Kier alpha value is -1.26. The summed E-state index contributed by atoms with van der Waals surface area (Å²) in [7, 11) is 0. The predicted octanol–water partition coefficient (Wildman–Crippen LogP) is 1.70. The summed E-state index contributed by atoms with van der Waals surface area (Å²) in [5, 5.41) is 14.7. The van der Waals surface area contributed by atoms with Gasteiger partial charge in [0.1, 0.15) is 0 Å². The molecule has 0 aromatic carbocycles. The van der Waals surface area contributed by atoms with Gasteiger partial charge in [0.15, 0.2) is 5.84 Å². The second kappa shape index (κ2) is 6.26. The summed E-state index contributed by atoms with van der Waals surface area (Å²) in [6.07, 6.45) is 6.76. The van der Waals surface area contributed by atoms with Crippen LogP contribution in [0.5, 0.6) is 0 Å². The Labute approximate surface area is 114 Å². The van der Waals surface area contributed by atoms with Gasteiger partial charge >= 0.3 is 0 Å². The molecule has 2 aliphatic rings. The van der Waals surface area contributed by atoms with Crippen LogP contribution in [0.3, 0.4) is 0 Å². The summed E-state index contributed by atoms with van der Waals surface area (Å²) in [6.45, 7) is 2.74. The fourth-order valence-corrected chi connectivity index (χ4v) is 3.75. The van der Waals surface area contributed by atoms with E-state index in [1.165, 1.54) is 25.7 Å². The van der Waals surface area contributed by atoms with E-state index in [1.807, 2.05) is 6.92 Å². The standard InChI is InChI=1S/C14H25N3O2/c1-2-3-12(13(15)17-19)14(18)16-8-11-7-9-4-5-10(11)6-9/h9-12,19H,2-8H2,1H3,(H2,15,17)(H,16,18). The lowest BCUT2D eigenvalue weighted by Gasteiger charge is -2.23. The zero-order chi connectivity index (χ0) is 13.8. The van der Waals surface area contributed by atoms with E-state index in [1.54, 1.807) is 0 Å². The van der Waals surface area contributed by atoms with Crippen LogP contribution >= 0.6 is 0 Å². The van der Waals surface area contributed by atoms with Gasteiger partial charge in [0.25, 0.3) is 0 Å². The monoisotopic (exact) mass is 267 g/mol. The lowest BCUT2D eigenvalue weighted by Crippen LogP contribution is -2.41. The first kappa shape index (κ1) is 14.2. The molecule has 0 aliphatic heterocycles. The van der Waals surface area contributed by atoms with Gasteiger partial charge in [0.05, 0.1) is 5.92 Å². The van der Waals surface area contributed by atoms with Crippen LogP contribution in [0.25, 0.3) is 0 Å². The topological polar surface area (TPSA) is 87.7 Å².